The van der Waals surface area contributed by atoms with E-state index in [9.17, 15) is 0 Å². The zero-order valence-electron chi connectivity index (χ0n) is 12.9. The lowest BCUT2D eigenvalue weighted by molar-refractivity contribution is 0.707. The minimum Gasteiger partial charge on any atom is -0.357 e. The molecule has 5 nitrogen and oxygen atoms in total. The van der Waals surface area contributed by atoms with Crippen LogP contribution in [0.4, 0.5) is 0 Å². The molecule has 0 atom stereocenters. The van der Waals surface area contributed by atoms with Crippen LogP contribution in [0.25, 0.3) is 0 Å². The van der Waals surface area contributed by atoms with Crippen LogP contribution in [0.3, 0.4) is 0 Å². The van der Waals surface area contributed by atoms with Gasteiger partial charge in [-0.25, -0.2) is 4.99 Å². The van der Waals surface area contributed by atoms with Crippen LogP contribution >= 0.6 is 11.3 Å². The monoisotopic (exact) mass is 305 g/mol. The first-order chi connectivity index (χ1) is 10.2. The number of rotatable bonds is 6. The van der Waals surface area contributed by atoms with Crippen molar-refractivity contribution in [2.24, 2.45) is 12.0 Å². The summed E-state index contributed by atoms with van der Waals surface area (Å²) in [5.41, 5.74) is 1.09. The van der Waals surface area contributed by atoms with Crippen LogP contribution in [0, 0.1) is 0 Å². The van der Waals surface area contributed by atoms with E-state index in [0.717, 1.165) is 31.2 Å². The second-order valence-electron chi connectivity index (χ2n) is 4.72. The number of nitrogens with one attached hydrogen (secondary N) is 2. The summed E-state index contributed by atoms with van der Waals surface area (Å²) in [4.78, 5) is 7.35. The van der Waals surface area contributed by atoms with Gasteiger partial charge in [0.15, 0.2) is 5.96 Å². The number of thiophene rings is 1. The number of aliphatic imine (C=N–C) groups is 1. The molecule has 2 aromatic heterocycles. The van der Waals surface area contributed by atoms with Crippen molar-refractivity contribution < 1.29 is 0 Å². The SMILES string of the molecule is CCNC(=NCc1ccnn1C)NCc1ccc(CC)s1. The molecule has 2 heterocycles. The summed E-state index contributed by atoms with van der Waals surface area (Å²) in [5, 5.41) is 10.8. The molecule has 0 aliphatic rings. The van der Waals surface area contributed by atoms with Gasteiger partial charge in [-0.05, 0) is 31.5 Å². The third-order valence-electron chi connectivity index (χ3n) is 3.16. The van der Waals surface area contributed by atoms with E-state index in [0.29, 0.717) is 6.54 Å². The van der Waals surface area contributed by atoms with Gasteiger partial charge in [-0.1, -0.05) is 6.92 Å². The average molecular weight is 305 g/mol. The summed E-state index contributed by atoms with van der Waals surface area (Å²) < 4.78 is 1.85. The predicted octanol–water partition coefficient (Wildman–Crippen LogP) is 2.30. The first-order valence-electron chi connectivity index (χ1n) is 7.29. The van der Waals surface area contributed by atoms with Gasteiger partial charge in [0, 0.05) is 29.5 Å². The highest BCUT2D eigenvalue weighted by Crippen LogP contribution is 2.16. The summed E-state index contributed by atoms with van der Waals surface area (Å²) >= 11 is 1.85. The maximum absolute atomic E-state index is 4.60. The van der Waals surface area contributed by atoms with Crippen molar-refractivity contribution in [1.29, 1.82) is 0 Å². The number of aromatic nitrogens is 2. The first-order valence-corrected chi connectivity index (χ1v) is 8.11. The maximum Gasteiger partial charge on any atom is 0.191 e. The largest absolute Gasteiger partial charge is 0.357 e. The van der Waals surface area contributed by atoms with Crippen LogP contribution in [-0.4, -0.2) is 22.3 Å². The van der Waals surface area contributed by atoms with Gasteiger partial charge in [-0.15, -0.1) is 11.3 Å². The highest BCUT2D eigenvalue weighted by molar-refractivity contribution is 7.11. The minimum absolute atomic E-state index is 0.622. The molecule has 2 aromatic rings. The fourth-order valence-electron chi connectivity index (χ4n) is 1.94. The van der Waals surface area contributed by atoms with E-state index in [1.54, 1.807) is 6.20 Å². The van der Waals surface area contributed by atoms with Gasteiger partial charge in [0.25, 0.3) is 0 Å². The number of guanidine groups is 1. The van der Waals surface area contributed by atoms with E-state index >= 15 is 0 Å². The standard InChI is InChI=1S/C15H23N5S/c1-4-13-6-7-14(21-13)11-18-15(16-5-2)17-10-12-8-9-19-20(12)3/h6-9H,4-5,10-11H2,1-3H3,(H2,16,17,18). The van der Waals surface area contributed by atoms with Gasteiger partial charge in [0.1, 0.15) is 0 Å². The maximum atomic E-state index is 4.60. The van der Waals surface area contributed by atoms with Crippen molar-refractivity contribution >= 4 is 17.3 Å². The molecule has 0 amide bonds. The zero-order valence-corrected chi connectivity index (χ0v) is 13.7. The summed E-state index contributed by atoms with van der Waals surface area (Å²) in [6.07, 6.45) is 2.89. The van der Waals surface area contributed by atoms with Gasteiger partial charge in [0.2, 0.25) is 0 Å². The lowest BCUT2D eigenvalue weighted by Crippen LogP contribution is -2.36. The minimum atomic E-state index is 0.622. The molecule has 0 aromatic carbocycles. The van der Waals surface area contributed by atoms with E-state index in [4.69, 9.17) is 0 Å². The molecular formula is C15H23N5S. The number of hydrogen-bond donors (Lipinski definition) is 2. The number of nitrogens with zero attached hydrogens (tertiary/aromatic N) is 3. The molecule has 2 rings (SSSR count). The Kier molecular flexibility index (Phi) is 5.80. The van der Waals surface area contributed by atoms with Crippen molar-refractivity contribution in [3.63, 3.8) is 0 Å². The lowest BCUT2D eigenvalue weighted by atomic mass is 10.3. The molecule has 0 saturated carbocycles. The van der Waals surface area contributed by atoms with Crippen molar-refractivity contribution in [3.05, 3.63) is 39.8 Å². The quantitative estimate of drug-likeness (QED) is 0.636. The molecule has 0 saturated heterocycles. The van der Waals surface area contributed by atoms with E-state index in [1.807, 2.05) is 29.1 Å². The molecule has 2 N–H and O–H groups in total. The Balaban J connectivity index is 1.93. The second-order valence-corrected chi connectivity index (χ2v) is 5.97. The molecule has 0 radical (unpaired) electrons. The molecule has 0 bridgehead atoms. The van der Waals surface area contributed by atoms with Crippen molar-refractivity contribution in [3.8, 4) is 0 Å². The van der Waals surface area contributed by atoms with Crippen LogP contribution in [0.5, 0.6) is 0 Å². The lowest BCUT2D eigenvalue weighted by Gasteiger charge is -2.10. The smallest absolute Gasteiger partial charge is 0.191 e. The number of aryl methyl sites for hydroxylation is 2. The van der Waals surface area contributed by atoms with E-state index in [1.165, 1.54) is 9.75 Å². The first kappa shape index (κ1) is 15.6. The third-order valence-corrected chi connectivity index (χ3v) is 4.39. The normalized spacial score (nSPS) is 11.7. The highest BCUT2D eigenvalue weighted by Gasteiger charge is 2.02. The predicted molar refractivity (Wildman–Crippen MR) is 88.6 cm³/mol. The average Bonchev–Trinajstić information content (AvgIpc) is 3.11. The van der Waals surface area contributed by atoms with Crippen molar-refractivity contribution in [1.82, 2.24) is 20.4 Å². The molecule has 0 spiro atoms. The van der Waals surface area contributed by atoms with Crippen LogP contribution in [0.1, 0.15) is 29.3 Å². The fraction of sp³-hybridized carbons (Fsp3) is 0.467. The van der Waals surface area contributed by atoms with Gasteiger partial charge in [-0.2, -0.15) is 5.10 Å². The van der Waals surface area contributed by atoms with Gasteiger partial charge in [-0.3, -0.25) is 4.68 Å². The Morgan fingerprint density at radius 1 is 1.24 bits per heavy atom. The van der Waals surface area contributed by atoms with Crippen molar-refractivity contribution in [2.75, 3.05) is 6.54 Å². The topological polar surface area (TPSA) is 54.2 Å². The summed E-state index contributed by atoms with van der Waals surface area (Å²) in [6, 6.07) is 6.36. The highest BCUT2D eigenvalue weighted by atomic mass is 32.1. The Labute approximate surface area is 130 Å². The Morgan fingerprint density at radius 3 is 2.67 bits per heavy atom. The van der Waals surface area contributed by atoms with E-state index in [-0.39, 0.29) is 0 Å². The number of hydrogen-bond acceptors (Lipinski definition) is 3. The Bertz CT molecular complexity index is 584. The molecule has 0 aliphatic heterocycles. The Morgan fingerprint density at radius 2 is 2.05 bits per heavy atom. The van der Waals surface area contributed by atoms with Crippen molar-refractivity contribution in [2.45, 2.75) is 33.4 Å². The zero-order chi connectivity index (χ0) is 15.1. The third kappa shape index (κ3) is 4.60. The van der Waals surface area contributed by atoms with Gasteiger partial charge >= 0.3 is 0 Å². The second kappa shape index (κ2) is 7.83. The van der Waals surface area contributed by atoms with Crippen LogP contribution in [0.15, 0.2) is 29.4 Å². The molecule has 0 aliphatic carbocycles. The summed E-state index contributed by atoms with van der Waals surface area (Å²) in [7, 11) is 1.93. The van der Waals surface area contributed by atoms with Gasteiger partial charge < -0.3 is 10.6 Å². The summed E-state index contributed by atoms with van der Waals surface area (Å²) in [6.45, 7) is 6.53. The fourth-order valence-corrected chi connectivity index (χ4v) is 2.83. The van der Waals surface area contributed by atoms with Crippen LogP contribution in [0.2, 0.25) is 0 Å². The summed E-state index contributed by atoms with van der Waals surface area (Å²) in [5.74, 6) is 0.838. The van der Waals surface area contributed by atoms with E-state index in [2.05, 4.69) is 46.7 Å². The molecule has 21 heavy (non-hydrogen) atoms. The Hall–Kier alpha value is -1.82. The van der Waals surface area contributed by atoms with Crippen LogP contribution < -0.4 is 10.6 Å². The molecule has 114 valence electrons. The van der Waals surface area contributed by atoms with Gasteiger partial charge in [0.05, 0.1) is 18.8 Å². The van der Waals surface area contributed by atoms with E-state index < -0.39 is 0 Å². The molecule has 0 fully saturated rings. The molecular weight excluding hydrogens is 282 g/mol. The molecule has 0 unspecified atom stereocenters. The van der Waals surface area contributed by atoms with Crippen LogP contribution in [-0.2, 0) is 26.6 Å². The molecule has 6 heteroatoms.